The largest absolute Gasteiger partial charge is 0.497 e. The minimum atomic E-state index is -3.68. The minimum absolute atomic E-state index is 0.0937. The van der Waals surface area contributed by atoms with Crippen molar-refractivity contribution in [3.63, 3.8) is 0 Å². The Morgan fingerprint density at radius 2 is 1.59 bits per heavy atom. The van der Waals surface area contributed by atoms with Gasteiger partial charge in [-0.3, -0.25) is 4.79 Å². The van der Waals surface area contributed by atoms with E-state index in [-0.39, 0.29) is 11.1 Å². The maximum absolute atomic E-state index is 14.5. The second kappa shape index (κ2) is 6.66. The summed E-state index contributed by atoms with van der Waals surface area (Å²) in [6.07, 6.45) is -1.64. The van der Waals surface area contributed by atoms with Crippen LogP contribution in [0.4, 0.5) is 8.78 Å². The Morgan fingerprint density at radius 1 is 1.00 bits per heavy atom. The zero-order valence-electron chi connectivity index (χ0n) is 12.3. The Morgan fingerprint density at radius 3 is 2.09 bits per heavy atom. The highest BCUT2D eigenvalue weighted by atomic mass is 19.3. The van der Waals surface area contributed by atoms with Crippen molar-refractivity contribution in [3.05, 3.63) is 65.7 Å². The van der Waals surface area contributed by atoms with Gasteiger partial charge in [-0.25, -0.2) is 0 Å². The molecular weight excluding hydrogens is 290 g/mol. The van der Waals surface area contributed by atoms with Crippen LogP contribution in [0.1, 0.15) is 22.0 Å². The van der Waals surface area contributed by atoms with E-state index in [2.05, 4.69) is 0 Å². The van der Waals surface area contributed by atoms with Gasteiger partial charge in [-0.15, -0.1) is 0 Å². The first-order valence-electron chi connectivity index (χ1n) is 6.65. The van der Waals surface area contributed by atoms with E-state index < -0.39 is 17.8 Å². The molecule has 0 bridgehead atoms. The number of carbonyl (C=O) groups excluding carboxylic acids is 1. The molecule has 0 saturated heterocycles. The predicted octanol–water partition coefficient (Wildman–Crippen LogP) is 3.90. The lowest BCUT2D eigenvalue weighted by Crippen LogP contribution is -2.37. The third-order valence-electron chi connectivity index (χ3n) is 3.32. The smallest absolute Gasteiger partial charge is 0.339 e. The van der Waals surface area contributed by atoms with E-state index in [9.17, 15) is 13.6 Å². The Bertz CT molecular complexity index is 624. The summed E-state index contributed by atoms with van der Waals surface area (Å²) in [5.41, 5.74) is 0.153. The number of rotatable bonds is 6. The fraction of sp³-hybridized carbons (Fsp3) is 0.235. The molecule has 0 aliphatic rings. The summed E-state index contributed by atoms with van der Waals surface area (Å²) in [5.74, 6) is -4.47. The van der Waals surface area contributed by atoms with Gasteiger partial charge in [-0.1, -0.05) is 30.3 Å². The highest BCUT2D eigenvalue weighted by Gasteiger charge is 2.48. The lowest BCUT2D eigenvalue weighted by atomic mass is 9.96. The second-order valence-corrected chi connectivity index (χ2v) is 4.71. The molecule has 2 aromatic carbocycles. The second-order valence-electron chi connectivity index (χ2n) is 4.71. The molecule has 0 spiro atoms. The number of halogens is 2. The molecule has 5 heteroatoms. The number of methoxy groups -OCH3 is 2. The number of carbonyl (C=O) groups is 1. The number of Topliss-reactive ketones (excluding diaryl/α,β-unsaturated/α-hetero) is 1. The molecule has 2 aromatic rings. The molecule has 0 amide bonds. The van der Waals surface area contributed by atoms with Crippen LogP contribution in [0.15, 0.2) is 54.6 Å². The molecule has 0 aliphatic heterocycles. The molecular formula is C17H16F2O3. The Balaban J connectivity index is 2.32. The highest BCUT2D eigenvalue weighted by Crippen LogP contribution is 2.37. The van der Waals surface area contributed by atoms with Crippen LogP contribution in [0.5, 0.6) is 5.75 Å². The van der Waals surface area contributed by atoms with Crippen molar-refractivity contribution in [2.45, 2.75) is 12.0 Å². The summed E-state index contributed by atoms with van der Waals surface area (Å²) in [4.78, 5) is 12.2. The Kier molecular flexibility index (Phi) is 4.88. The average Bonchev–Trinajstić information content (AvgIpc) is 2.55. The lowest BCUT2D eigenvalue weighted by Gasteiger charge is -2.25. The number of ether oxygens (including phenoxy) is 2. The number of hydrogen-bond acceptors (Lipinski definition) is 3. The van der Waals surface area contributed by atoms with Gasteiger partial charge in [-0.05, 0) is 29.8 Å². The number of ketones is 1. The van der Waals surface area contributed by atoms with Crippen molar-refractivity contribution in [3.8, 4) is 5.75 Å². The quantitative estimate of drug-likeness (QED) is 0.759. The van der Waals surface area contributed by atoms with Crippen LogP contribution in [0, 0.1) is 0 Å². The van der Waals surface area contributed by atoms with E-state index in [1.165, 1.54) is 43.5 Å². The van der Waals surface area contributed by atoms with Gasteiger partial charge in [0.2, 0.25) is 5.78 Å². The first-order valence-corrected chi connectivity index (χ1v) is 6.65. The molecule has 0 fully saturated rings. The zero-order valence-corrected chi connectivity index (χ0v) is 12.3. The number of benzene rings is 2. The molecule has 22 heavy (non-hydrogen) atoms. The number of alkyl halides is 2. The molecule has 0 heterocycles. The van der Waals surface area contributed by atoms with Crippen molar-refractivity contribution in [2.24, 2.45) is 0 Å². The maximum atomic E-state index is 14.5. The van der Waals surface area contributed by atoms with Crippen LogP contribution in [-0.2, 0) is 4.74 Å². The van der Waals surface area contributed by atoms with Gasteiger partial charge in [0.1, 0.15) is 5.75 Å². The van der Waals surface area contributed by atoms with E-state index in [1.54, 1.807) is 18.2 Å². The van der Waals surface area contributed by atoms with Gasteiger partial charge >= 0.3 is 5.92 Å². The van der Waals surface area contributed by atoms with Crippen LogP contribution >= 0.6 is 0 Å². The summed E-state index contributed by atoms with van der Waals surface area (Å²) < 4.78 is 38.9. The van der Waals surface area contributed by atoms with Gasteiger partial charge < -0.3 is 9.47 Å². The van der Waals surface area contributed by atoms with Crippen molar-refractivity contribution in [1.82, 2.24) is 0 Å². The summed E-state index contributed by atoms with van der Waals surface area (Å²) >= 11 is 0. The van der Waals surface area contributed by atoms with Gasteiger partial charge in [0.25, 0.3) is 0 Å². The Hall–Kier alpha value is -2.27. The molecule has 1 atom stereocenters. The monoisotopic (exact) mass is 306 g/mol. The standard InChI is InChI=1S/C17H16F2O3/c1-21-14-10-8-12(9-11-14)15(20)17(18,19)16(22-2)13-6-4-3-5-7-13/h3-11,16H,1-2H3. The van der Waals surface area contributed by atoms with Crippen molar-refractivity contribution in [1.29, 1.82) is 0 Å². The molecule has 1 unspecified atom stereocenters. The average molecular weight is 306 g/mol. The van der Waals surface area contributed by atoms with Gasteiger partial charge in [0.05, 0.1) is 7.11 Å². The normalized spacial score (nSPS) is 12.7. The molecule has 116 valence electrons. The fourth-order valence-corrected chi connectivity index (χ4v) is 2.18. The lowest BCUT2D eigenvalue weighted by molar-refractivity contribution is -0.0966. The molecule has 0 N–H and O–H groups in total. The topological polar surface area (TPSA) is 35.5 Å². The summed E-state index contributed by atoms with van der Waals surface area (Å²) in [5, 5.41) is 0. The van der Waals surface area contributed by atoms with E-state index in [4.69, 9.17) is 9.47 Å². The van der Waals surface area contributed by atoms with Crippen molar-refractivity contribution in [2.75, 3.05) is 14.2 Å². The first-order chi connectivity index (χ1) is 10.5. The van der Waals surface area contributed by atoms with E-state index in [0.717, 1.165) is 7.11 Å². The van der Waals surface area contributed by atoms with Crippen LogP contribution < -0.4 is 4.74 Å². The maximum Gasteiger partial charge on any atom is 0.339 e. The SMILES string of the molecule is COc1ccc(C(=O)C(F)(F)C(OC)c2ccccc2)cc1. The van der Waals surface area contributed by atoms with E-state index in [0.29, 0.717) is 5.75 Å². The molecule has 3 nitrogen and oxygen atoms in total. The first kappa shape index (κ1) is 16.1. The molecule has 2 rings (SSSR count). The molecule has 0 aliphatic carbocycles. The number of hydrogen-bond donors (Lipinski definition) is 0. The van der Waals surface area contributed by atoms with Crippen LogP contribution in [-0.4, -0.2) is 25.9 Å². The summed E-state index contributed by atoms with van der Waals surface area (Å²) in [6.45, 7) is 0. The summed E-state index contributed by atoms with van der Waals surface area (Å²) in [6, 6.07) is 13.5. The summed E-state index contributed by atoms with van der Waals surface area (Å²) in [7, 11) is 2.62. The van der Waals surface area contributed by atoms with E-state index in [1.807, 2.05) is 0 Å². The Labute approximate surface area is 127 Å². The third-order valence-corrected chi connectivity index (χ3v) is 3.32. The highest BCUT2D eigenvalue weighted by molar-refractivity contribution is 6.02. The van der Waals surface area contributed by atoms with Gasteiger partial charge in [0.15, 0.2) is 6.10 Å². The van der Waals surface area contributed by atoms with Crippen LogP contribution in [0.3, 0.4) is 0 Å². The minimum Gasteiger partial charge on any atom is -0.497 e. The molecule has 0 radical (unpaired) electrons. The molecule has 0 aromatic heterocycles. The van der Waals surface area contributed by atoms with E-state index >= 15 is 0 Å². The fourth-order valence-electron chi connectivity index (χ4n) is 2.18. The zero-order chi connectivity index (χ0) is 16.2. The predicted molar refractivity (Wildman–Crippen MR) is 78.5 cm³/mol. The van der Waals surface area contributed by atoms with Gasteiger partial charge in [0, 0.05) is 12.7 Å². The van der Waals surface area contributed by atoms with Crippen molar-refractivity contribution < 1.29 is 23.0 Å². The van der Waals surface area contributed by atoms with Crippen molar-refractivity contribution >= 4 is 5.78 Å². The molecule has 0 saturated carbocycles. The third kappa shape index (κ3) is 3.14. The van der Waals surface area contributed by atoms with Crippen LogP contribution in [0.25, 0.3) is 0 Å². The van der Waals surface area contributed by atoms with Crippen LogP contribution in [0.2, 0.25) is 0 Å². The van der Waals surface area contributed by atoms with Gasteiger partial charge in [-0.2, -0.15) is 8.78 Å².